The normalized spacial score (nSPS) is 12.9. The lowest BCUT2D eigenvalue weighted by atomic mass is 9.95. The molecule has 2 nitrogen and oxygen atoms in total. The van der Waals surface area contributed by atoms with Gasteiger partial charge in [0.1, 0.15) is 0 Å². The Labute approximate surface area is 234 Å². The van der Waals surface area contributed by atoms with Crippen molar-refractivity contribution >= 4 is 38.8 Å². The summed E-state index contributed by atoms with van der Waals surface area (Å²) in [6.07, 6.45) is 6.78. The van der Waals surface area contributed by atoms with Crippen LogP contribution >= 0.6 is 0 Å². The number of hydrogen-bond donors (Lipinski definition) is 0. The van der Waals surface area contributed by atoms with Gasteiger partial charge in [0.2, 0.25) is 0 Å². The Morgan fingerprint density at radius 3 is 1.60 bits per heavy atom. The Kier molecular flexibility index (Phi) is 5.12. The lowest BCUT2D eigenvalue weighted by molar-refractivity contribution is 0.888. The van der Waals surface area contributed by atoms with Gasteiger partial charge in [-0.3, -0.25) is 0 Å². The molecule has 1 aliphatic carbocycles. The minimum atomic E-state index is 1.07. The van der Waals surface area contributed by atoms with Crippen LogP contribution in [0.4, 0.5) is 0 Å². The van der Waals surface area contributed by atoms with Crippen LogP contribution in [0.3, 0.4) is 0 Å². The van der Waals surface area contributed by atoms with Gasteiger partial charge >= 0.3 is 0 Å². The summed E-state index contributed by atoms with van der Waals surface area (Å²) >= 11 is 0. The zero-order chi connectivity index (χ0) is 26.8. The molecule has 2 aromatic heterocycles. The minimum absolute atomic E-state index is 1.07. The molecule has 0 N–H and O–H groups in total. The number of allylic oxidation sites excluding steroid dienone is 1. The summed E-state index contributed by atoms with van der Waals surface area (Å²) in [7, 11) is 0. The fourth-order valence-corrected chi connectivity index (χ4v) is 6.85. The maximum absolute atomic E-state index is 2.48. The third-order valence-electron chi connectivity index (χ3n) is 8.65. The van der Waals surface area contributed by atoms with Crippen molar-refractivity contribution in [1.82, 2.24) is 9.13 Å². The Balaban J connectivity index is 1.24. The number of benzene rings is 5. The molecule has 40 heavy (non-hydrogen) atoms. The highest BCUT2D eigenvalue weighted by Crippen LogP contribution is 2.37. The zero-order valence-electron chi connectivity index (χ0n) is 22.9. The Morgan fingerprint density at radius 2 is 1.02 bits per heavy atom. The van der Waals surface area contributed by atoms with Gasteiger partial charge in [-0.15, -0.1) is 0 Å². The van der Waals surface area contributed by atoms with Gasteiger partial charge in [0.15, 0.2) is 0 Å². The van der Waals surface area contributed by atoms with Crippen LogP contribution in [0.5, 0.6) is 0 Å². The molecule has 0 fully saturated rings. The number of aryl methyl sites for hydroxylation is 2. The lowest BCUT2D eigenvalue weighted by Gasteiger charge is -2.17. The molecule has 0 amide bonds. The summed E-state index contributed by atoms with van der Waals surface area (Å²) in [5.41, 5.74) is 14.2. The summed E-state index contributed by atoms with van der Waals surface area (Å²) in [5, 5.41) is 3.93. The highest BCUT2D eigenvalue weighted by molar-refractivity contribution is 6.09. The van der Waals surface area contributed by atoms with Gasteiger partial charge in [0.25, 0.3) is 0 Å². The van der Waals surface area contributed by atoms with E-state index in [1.54, 1.807) is 0 Å². The molecular formula is C38H30N2. The smallest absolute Gasteiger partial charge is 0.0541 e. The van der Waals surface area contributed by atoms with E-state index in [1.807, 2.05) is 0 Å². The van der Waals surface area contributed by atoms with E-state index in [4.69, 9.17) is 0 Å². The van der Waals surface area contributed by atoms with E-state index in [0.29, 0.717) is 0 Å². The van der Waals surface area contributed by atoms with Crippen LogP contribution in [0.2, 0.25) is 0 Å². The number of aromatic nitrogens is 2. The van der Waals surface area contributed by atoms with Crippen molar-refractivity contribution in [2.24, 2.45) is 0 Å². The molecule has 192 valence electrons. The summed E-state index contributed by atoms with van der Waals surface area (Å²) in [5.74, 6) is 0. The fourth-order valence-electron chi connectivity index (χ4n) is 6.85. The van der Waals surface area contributed by atoms with Crippen LogP contribution in [0, 0.1) is 13.8 Å². The maximum atomic E-state index is 2.48. The quantitative estimate of drug-likeness (QED) is 0.222. The second-order valence-corrected chi connectivity index (χ2v) is 11.0. The third-order valence-corrected chi connectivity index (χ3v) is 8.65. The fraction of sp³-hybridized carbons (Fsp3) is 0.105. The minimum Gasteiger partial charge on any atom is -0.313 e. The molecule has 1 aliphatic rings. The van der Waals surface area contributed by atoms with E-state index in [1.165, 1.54) is 77.6 Å². The van der Waals surface area contributed by atoms with Crippen molar-refractivity contribution in [3.05, 3.63) is 138 Å². The molecule has 0 saturated heterocycles. The monoisotopic (exact) mass is 514 g/mol. The van der Waals surface area contributed by atoms with Crippen LogP contribution in [-0.2, 0) is 6.42 Å². The second kappa shape index (κ2) is 8.86. The van der Waals surface area contributed by atoms with Crippen molar-refractivity contribution in [1.29, 1.82) is 0 Å². The zero-order valence-corrected chi connectivity index (χ0v) is 22.9. The summed E-state index contributed by atoms with van der Waals surface area (Å²) in [6.45, 7) is 4.49. The molecule has 0 atom stereocenters. The molecule has 0 spiro atoms. The van der Waals surface area contributed by atoms with Crippen molar-refractivity contribution in [2.45, 2.75) is 26.7 Å². The standard InChI is InChI=1S/C38H30N2/c1-25-23-27(39-35-15-7-3-11-31(35)32-12-4-8-16-36(32)39)19-21-29(25)30-22-20-28(24-26(30)2)40-37-17-9-5-13-33(37)34-14-6-10-18-38(34)40/h3-9,11-17,19-24H,10,18H2,1-2H3. The molecular weight excluding hydrogens is 484 g/mol. The van der Waals surface area contributed by atoms with Gasteiger partial charge in [-0.2, -0.15) is 0 Å². The number of hydrogen-bond acceptors (Lipinski definition) is 0. The van der Waals surface area contributed by atoms with Crippen molar-refractivity contribution < 1.29 is 0 Å². The van der Waals surface area contributed by atoms with Gasteiger partial charge in [0, 0.05) is 38.8 Å². The number of nitrogens with zero attached hydrogens (tertiary/aromatic N) is 2. The van der Waals surface area contributed by atoms with Crippen molar-refractivity contribution in [3.8, 4) is 22.5 Å². The average Bonchev–Trinajstić information content (AvgIpc) is 3.51. The van der Waals surface area contributed by atoms with Gasteiger partial charge in [0.05, 0.1) is 16.6 Å². The molecule has 2 heteroatoms. The van der Waals surface area contributed by atoms with E-state index in [0.717, 1.165) is 12.8 Å². The summed E-state index contributed by atoms with van der Waals surface area (Å²) < 4.78 is 4.87. The molecule has 2 heterocycles. The SMILES string of the molecule is Cc1cc(-n2c3c(c4ccccc42)C=CCC3)ccc1-c1ccc(-n2c3ccccc3c3ccccc32)cc1C. The van der Waals surface area contributed by atoms with E-state index < -0.39 is 0 Å². The maximum Gasteiger partial charge on any atom is 0.0541 e. The number of rotatable bonds is 3. The molecule has 0 unspecified atom stereocenters. The molecule has 8 rings (SSSR count). The molecule has 5 aromatic carbocycles. The predicted molar refractivity (Wildman–Crippen MR) is 170 cm³/mol. The van der Waals surface area contributed by atoms with Crippen molar-refractivity contribution in [3.63, 3.8) is 0 Å². The van der Waals surface area contributed by atoms with Crippen LogP contribution in [0.1, 0.15) is 28.8 Å². The van der Waals surface area contributed by atoms with Gasteiger partial charge in [-0.05, 0) is 91.4 Å². The summed E-state index contributed by atoms with van der Waals surface area (Å²) in [4.78, 5) is 0. The first kappa shape index (κ1) is 23.1. The van der Waals surface area contributed by atoms with E-state index in [2.05, 4.69) is 144 Å². The molecule has 0 radical (unpaired) electrons. The third kappa shape index (κ3) is 3.36. The van der Waals surface area contributed by atoms with Gasteiger partial charge in [-0.1, -0.05) is 78.9 Å². The number of fused-ring (bicyclic) bond motifs is 6. The molecule has 0 aliphatic heterocycles. The first-order chi connectivity index (χ1) is 19.7. The van der Waals surface area contributed by atoms with Crippen LogP contribution in [0.15, 0.2) is 115 Å². The molecule has 7 aromatic rings. The topological polar surface area (TPSA) is 9.86 Å². The number of para-hydroxylation sites is 3. The predicted octanol–water partition coefficient (Wildman–Crippen LogP) is 9.97. The second-order valence-electron chi connectivity index (χ2n) is 11.0. The highest BCUT2D eigenvalue weighted by atomic mass is 15.0. The lowest BCUT2D eigenvalue weighted by Crippen LogP contribution is -2.03. The van der Waals surface area contributed by atoms with E-state index in [-0.39, 0.29) is 0 Å². The van der Waals surface area contributed by atoms with Crippen LogP contribution in [-0.4, -0.2) is 9.13 Å². The molecule has 0 bridgehead atoms. The Hall–Kier alpha value is -4.82. The van der Waals surface area contributed by atoms with Crippen LogP contribution in [0.25, 0.3) is 61.3 Å². The first-order valence-corrected chi connectivity index (χ1v) is 14.2. The Bertz CT molecular complexity index is 2080. The largest absolute Gasteiger partial charge is 0.313 e. The van der Waals surface area contributed by atoms with Gasteiger partial charge in [-0.25, -0.2) is 0 Å². The summed E-state index contributed by atoms with van der Waals surface area (Å²) in [6, 6.07) is 40.1. The van der Waals surface area contributed by atoms with E-state index in [9.17, 15) is 0 Å². The van der Waals surface area contributed by atoms with Crippen molar-refractivity contribution in [2.75, 3.05) is 0 Å². The molecule has 0 saturated carbocycles. The Morgan fingerprint density at radius 1 is 0.525 bits per heavy atom. The van der Waals surface area contributed by atoms with Gasteiger partial charge < -0.3 is 9.13 Å². The van der Waals surface area contributed by atoms with Crippen LogP contribution < -0.4 is 0 Å². The first-order valence-electron chi connectivity index (χ1n) is 14.2. The highest BCUT2D eigenvalue weighted by Gasteiger charge is 2.19. The van der Waals surface area contributed by atoms with E-state index >= 15 is 0 Å². The average molecular weight is 515 g/mol.